The van der Waals surface area contributed by atoms with Crippen molar-refractivity contribution in [1.29, 1.82) is 0 Å². The number of nitro groups is 1. The zero-order valence-electron chi connectivity index (χ0n) is 14.3. The molecule has 0 aliphatic carbocycles. The Morgan fingerprint density at radius 1 is 1.19 bits per heavy atom. The van der Waals surface area contributed by atoms with Gasteiger partial charge in [0, 0.05) is 14.8 Å². The van der Waals surface area contributed by atoms with Gasteiger partial charge in [0.05, 0.1) is 13.7 Å². The van der Waals surface area contributed by atoms with Crippen LogP contribution in [0.2, 0.25) is 5.02 Å². The van der Waals surface area contributed by atoms with E-state index < -0.39 is 22.2 Å². The zero-order chi connectivity index (χ0) is 19.1. The van der Waals surface area contributed by atoms with Crippen LogP contribution >= 0.6 is 23.4 Å². The van der Waals surface area contributed by atoms with Crippen molar-refractivity contribution in [2.24, 2.45) is 0 Å². The minimum absolute atomic E-state index is 0.0735. The van der Waals surface area contributed by atoms with Gasteiger partial charge in [0.1, 0.15) is 11.0 Å². The van der Waals surface area contributed by atoms with Crippen LogP contribution in [-0.4, -0.2) is 30.7 Å². The fourth-order valence-corrected chi connectivity index (χ4v) is 3.66. The van der Waals surface area contributed by atoms with E-state index in [0.29, 0.717) is 16.3 Å². The molecule has 2 atom stereocenters. The summed E-state index contributed by atoms with van der Waals surface area (Å²) in [6.45, 7) is 1.69. The van der Waals surface area contributed by atoms with Gasteiger partial charge in [-0.15, -0.1) is 11.8 Å². The summed E-state index contributed by atoms with van der Waals surface area (Å²) in [4.78, 5) is 24.0. The molecule has 0 saturated carbocycles. The van der Waals surface area contributed by atoms with Crippen LogP contribution in [0, 0.1) is 10.1 Å². The molecule has 0 fully saturated rings. The van der Waals surface area contributed by atoms with Gasteiger partial charge < -0.3 is 9.47 Å². The first-order valence-electron chi connectivity index (χ1n) is 7.82. The number of nitrogens with zero attached hydrogens (tertiary/aromatic N) is 1. The molecule has 0 aliphatic rings. The Balaban J connectivity index is 2.42. The molecule has 2 aromatic rings. The lowest BCUT2D eigenvalue weighted by Crippen LogP contribution is -2.36. The normalized spacial score (nSPS) is 12.9. The van der Waals surface area contributed by atoms with Crippen molar-refractivity contribution >= 4 is 29.3 Å². The predicted octanol–water partition coefficient (Wildman–Crippen LogP) is 4.39. The Kier molecular flexibility index (Phi) is 7.29. The van der Waals surface area contributed by atoms with Crippen molar-refractivity contribution in [1.82, 2.24) is 0 Å². The van der Waals surface area contributed by atoms with Gasteiger partial charge in [0.15, 0.2) is 0 Å². The molecule has 0 bridgehead atoms. The van der Waals surface area contributed by atoms with Gasteiger partial charge in [-0.05, 0) is 48.9 Å². The lowest BCUT2D eigenvalue weighted by molar-refractivity contribution is -0.510. The highest BCUT2D eigenvalue weighted by Crippen LogP contribution is 2.40. The van der Waals surface area contributed by atoms with Crippen LogP contribution in [-0.2, 0) is 9.53 Å². The summed E-state index contributed by atoms with van der Waals surface area (Å²) < 4.78 is 10.1. The van der Waals surface area contributed by atoms with E-state index in [2.05, 4.69) is 0 Å². The molecule has 2 unspecified atom stereocenters. The van der Waals surface area contributed by atoms with Gasteiger partial charge >= 0.3 is 12.0 Å². The van der Waals surface area contributed by atoms with Crippen molar-refractivity contribution < 1.29 is 19.2 Å². The van der Waals surface area contributed by atoms with Crippen LogP contribution in [0.15, 0.2) is 53.4 Å². The van der Waals surface area contributed by atoms with Crippen LogP contribution in [0.25, 0.3) is 0 Å². The van der Waals surface area contributed by atoms with Crippen molar-refractivity contribution in [3.8, 4) is 5.75 Å². The second kappa shape index (κ2) is 9.45. The Morgan fingerprint density at radius 2 is 1.81 bits per heavy atom. The molecule has 26 heavy (non-hydrogen) atoms. The van der Waals surface area contributed by atoms with Crippen molar-refractivity contribution in [2.75, 3.05) is 13.7 Å². The molecular formula is C18H18ClNO5S. The molecule has 0 saturated heterocycles. The number of methoxy groups -OCH3 is 1. The first-order chi connectivity index (χ1) is 12.5. The maximum Gasteiger partial charge on any atom is 0.383 e. The molecule has 0 heterocycles. The Hall–Kier alpha value is -2.25. The fourth-order valence-electron chi connectivity index (χ4n) is 2.32. The average molecular weight is 396 g/mol. The SMILES string of the molecule is CCOC(=O)C(C(Sc1ccc(Cl)cc1)c1ccc(OC)cc1)[N+](=O)[O-]. The number of ether oxygens (including phenoxy) is 2. The molecular weight excluding hydrogens is 378 g/mol. The van der Waals surface area contributed by atoms with Crippen molar-refractivity contribution in [3.05, 3.63) is 69.2 Å². The smallest absolute Gasteiger partial charge is 0.383 e. The standard InChI is InChI=1S/C18H18ClNO5S/c1-3-25-18(21)16(20(22)23)17(12-4-8-14(24-2)9-5-12)26-15-10-6-13(19)7-11-15/h4-11,16-17H,3H2,1-2H3. The summed E-state index contributed by atoms with van der Waals surface area (Å²) >= 11 is 7.11. The Morgan fingerprint density at radius 3 is 2.31 bits per heavy atom. The van der Waals surface area contributed by atoms with Gasteiger partial charge in [-0.25, -0.2) is 4.79 Å². The van der Waals surface area contributed by atoms with Crippen molar-refractivity contribution in [2.45, 2.75) is 23.1 Å². The highest BCUT2D eigenvalue weighted by Gasteiger charge is 2.42. The molecule has 2 rings (SSSR count). The third-order valence-electron chi connectivity index (χ3n) is 3.56. The second-order valence-corrected chi connectivity index (χ2v) is 6.90. The van der Waals surface area contributed by atoms with E-state index in [4.69, 9.17) is 21.1 Å². The predicted molar refractivity (Wildman–Crippen MR) is 100 cm³/mol. The second-order valence-electron chi connectivity index (χ2n) is 5.25. The van der Waals surface area contributed by atoms with Crippen molar-refractivity contribution in [3.63, 3.8) is 0 Å². The van der Waals surface area contributed by atoms with E-state index in [1.54, 1.807) is 55.5 Å². The van der Waals surface area contributed by atoms with E-state index in [1.807, 2.05) is 0 Å². The molecule has 0 radical (unpaired) electrons. The molecule has 0 aromatic heterocycles. The summed E-state index contributed by atoms with van der Waals surface area (Å²) in [5.41, 5.74) is 0.625. The summed E-state index contributed by atoms with van der Waals surface area (Å²) in [5, 5.41) is 11.4. The maximum absolute atomic E-state index is 12.2. The third kappa shape index (κ3) is 5.12. The summed E-state index contributed by atoms with van der Waals surface area (Å²) in [6, 6.07) is 12.2. The van der Waals surface area contributed by atoms with Crippen LogP contribution in [0.4, 0.5) is 0 Å². The fraction of sp³-hybridized carbons (Fsp3) is 0.278. The molecule has 0 spiro atoms. The van der Waals surface area contributed by atoms with Gasteiger partial charge in [-0.1, -0.05) is 23.7 Å². The van der Waals surface area contributed by atoms with Gasteiger partial charge in [-0.3, -0.25) is 10.1 Å². The summed E-state index contributed by atoms with van der Waals surface area (Å²) in [7, 11) is 1.54. The lowest BCUT2D eigenvalue weighted by Gasteiger charge is -2.20. The number of benzene rings is 2. The zero-order valence-corrected chi connectivity index (χ0v) is 15.8. The minimum Gasteiger partial charge on any atom is -0.497 e. The molecule has 8 heteroatoms. The summed E-state index contributed by atoms with van der Waals surface area (Å²) in [5.74, 6) is -0.238. The topological polar surface area (TPSA) is 78.7 Å². The number of esters is 1. The molecule has 0 N–H and O–H groups in total. The Bertz CT molecular complexity index is 751. The van der Waals surface area contributed by atoms with Gasteiger partial charge in [0.2, 0.25) is 0 Å². The first-order valence-corrected chi connectivity index (χ1v) is 9.08. The van der Waals surface area contributed by atoms with Crippen LogP contribution < -0.4 is 4.74 Å². The van der Waals surface area contributed by atoms with Gasteiger partial charge in [-0.2, -0.15) is 0 Å². The third-order valence-corrected chi connectivity index (χ3v) is 5.14. The monoisotopic (exact) mass is 395 g/mol. The van der Waals surface area contributed by atoms with E-state index in [1.165, 1.54) is 18.9 Å². The highest BCUT2D eigenvalue weighted by molar-refractivity contribution is 7.99. The highest BCUT2D eigenvalue weighted by atomic mass is 35.5. The number of halogens is 1. The number of hydrogen-bond donors (Lipinski definition) is 0. The van der Waals surface area contributed by atoms with Gasteiger partial charge in [0.25, 0.3) is 0 Å². The summed E-state index contributed by atoms with van der Waals surface area (Å²) in [6.07, 6.45) is 0. The number of carbonyl (C=O) groups is 1. The van der Waals surface area contributed by atoms with E-state index >= 15 is 0 Å². The number of hydrogen-bond acceptors (Lipinski definition) is 6. The molecule has 2 aromatic carbocycles. The first kappa shape index (κ1) is 20.1. The molecule has 6 nitrogen and oxygen atoms in total. The number of carbonyl (C=O) groups excluding carboxylic acids is 1. The van der Waals surface area contributed by atoms with Crippen LogP contribution in [0.3, 0.4) is 0 Å². The molecule has 0 aliphatic heterocycles. The Labute approximate surface area is 160 Å². The lowest BCUT2D eigenvalue weighted by atomic mass is 10.1. The maximum atomic E-state index is 12.2. The van der Waals surface area contributed by atoms with E-state index in [0.717, 1.165) is 4.90 Å². The number of thioether (sulfide) groups is 1. The largest absolute Gasteiger partial charge is 0.497 e. The minimum atomic E-state index is -1.54. The van der Waals surface area contributed by atoms with Crippen LogP contribution in [0.1, 0.15) is 17.7 Å². The molecule has 138 valence electrons. The van der Waals surface area contributed by atoms with E-state index in [-0.39, 0.29) is 6.61 Å². The average Bonchev–Trinajstić information content (AvgIpc) is 2.63. The van der Waals surface area contributed by atoms with Crippen LogP contribution in [0.5, 0.6) is 5.75 Å². The number of rotatable bonds is 8. The van der Waals surface area contributed by atoms with E-state index in [9.17, 15) is 14.9 Å². The molecule has 0 amide bonds. The quantitative estimate of drug-likeness (QED) is 0.285.